The van der Waals surface area contributed by atoms with Gasteiger partial charge in [-0.1, -0.05) is 0 Å². The molecule has 1 aromatic rings. The molecule has 0 aliphatic heterocycles. The molecule has 0 amide bonds. The van der Waals surface area contributed by atoms with Crippen LogP contribution < -0.4 is 9.47 Å². The first kappa shape index (κ1) is 10.9. The van der Waals surface area contributed by atoms with E-state index in [1.807, 2.05) is 31.2 Å². The SMILES string of the molecule is COc1ccc(O[C@@H](C)CCO)cc1. The zero-order valence-electron chi connectivity index (χ0n) is 8.56. The average molecular weight is 196 g/mol. The van der Waals surface area contributed by atoms with Gasteiger partial charge in [0.1, 0.15) is 11.5 Å². The summed E-state index contributed by atoms with van der Waals surface area (Å²) in [6, 6.07) is 7.40. The van der Waals surface area contributed by atoms with Crippen LogP contribution in [0.3, 0.4) is 0 Å². The Morgan fingerprint density at radius 3 is 2.29 bits per heavy atom. The Bertz CT molecular complexity index is 256. The summed E-state index contributed by atoms with van der Waals surface area (Å²) >= 11 is 0. The predicted molar refractivity (Wildman–Crippen MR) is 54.8 cm³/mol. The molecule has 1 rings (SSSR count). The molecule has 78 valence electrons. The second kappa shape index (κ2) is 5.50. The fraction of sp³-hybridized carbons (Fsp3) is 0.455. The zero-order valence-corrected chi connectivity index (χ0v) is 8.56. The number of aliphatic hydroxyl groups is 1. The van der Waals surface area contributed by atoms with E-state index in [1.165, 1.54) is 0 Å². The highest BCUT2D eigenvalue weighted by molar-refractivity contribution is 5.31. The minimum atomic E-state index is 0.0356. The van der Waals surface area contributed by atoms with Crippen molar-refractivity contribution in [1.82, 2.24) is 0 Å². The number of hydrogen-bond acceptors (Lipinski definition) is 3. The van der Waals surface area contributed by atoms with Gasteiger partial charge < -0.3 is 14.6 Å². The summed E-state index contributed by atoms with van der Waals surface area (Å²) in [5.74, 6) is 1.61. The Morgan fingerprint density at radius 2 is 1.79 bits per heavy atom. The second-order valence-corrected chi connectivity index (χ2v) is 3.12. The van der Waals surface area contributed by atoms with Crippen molar-refractivity contribution in [2.24, 2.45) is 0 Å². The molecule has 3 nitrogen and oxygen atoms in total. The summed E-state index contributed by atoms with van der Waals surface area (Å²) in [7, 11) is 1.63. The predicted octanol–water partition coefficient (Wildman–Crippen LogP) is 1.84. The van der Waals surface area contributed by atoms with Crippen LogP contribution in [0.1, 0.15) is 13.3 Å². The monoisotopic (exact) mass is 196 g/mol. The van der Waals surface area contributed by atoms with Gasteiger partial charge in [-0.3, -0.25) is 0 Å². The standard InChI is InChI=1S/C11H16O3/c1-9(7-8-12)14-11-5-3-10(13-2)4-6-11/h3-6,9,12H,7-8H2,1-2H3/t9-/m0/s1. The van der Waals surface area contributed by atoms with Crippen molar-refractivity contribution in [2.75, 3.05) is 13.7 Å². The Balaban J connectivity index is 2.50. The quantitative estimate of drug-likeness (QED) is 0.781. The lowest BCUT2D eigenvalue weighted by Crippen LogP contribution is -2.13. The molecule has 0 aromatic heterocycles. The van der Waals surface area contributed by atoms with E-state index in [4.69, 9.17) is 14.6 Å². The van der Waals surface area contributed by atoms with E-state index in [9.17, 15) is 0 Å². The molecular formula is C11H16O3. The van der Waals surface area contributed by atoms with Crippen molar-refractivity contribution in [3.8, 4) is 11.5 Å². The van der Waals surface area contributed by atoms with Gasteiger partial charge in [-0.05, 0) is 31.2 Å². The van der Waals surface area contributed by atoms with Gasteiger partial charge in [0.25, 0.3) is 0 Å². The summed E-state index contributed by atoms with van der Waals surface area (Å²) in [6.45, 7) is 2.08. The molecule has 0 radical (unpaired) electrons. The summed E-state index contributed by atoms with van der Waals surface area (Å²) in [6.07, 6.45) is 0.680. The molecule has 0 heterocycles. The highest BCUT2D eigenvalue weighted by Crippen LogP contribution is 2.18. The summed E-state index contributed by atoms with van der Waals surface area (Å²) < 4.78 is 10.6. The molecule has 0 bridgehead atoms. The lowest BCUT2D eigenvalue weighted by atomic mass is 10.3. The average Bonchev–Trinajstić information content (AvgIpc) is 2.19. The lowest BCUT2D eigenvalue weighted by Gasteiger charge is -2.13. The minimum Gasteiger partial charge on any atom is -0.497 e. The Morgan fingerprint density at radius 1 is 1.21 bits per heavy atom. The summed E-state index contributed by atoms with van der Waals surface area (Å²) in [5.41, 5.74) is 0. The smallest absolute Gasteiger partial charge is 0.119 e. The first-order valence-electron chi connectivity index (χ1n) is 4.68. The van der Waals surface area contributed by atoms with Gasteiger partial charge in [0.05, 0.1) is 13.2 Å². The highest BCUT2D eigenvalue weighted by atomic mass is 16.5. The van der Waals surface area contributed by atoms with Crippen molar-refractivity contribution in [3.63, 3.8) is 0 Å². The van der Waals surface area contributed by atoms with E-state index in [0.717, 1.165) is 11.5 Å². The highest BCUT2D eigenvalue weighted by Gasteiger charge is 2.02. The molecule has 0 unspecified atom stereocenters. The maximum atomic E-state index is 8.70. The van der Waals surface area contributed by atoms with E-state index in [0.29, 0.717) is 6.42 Å². The van der Waals surface area contributed by atoms with E-state index in [2.05, 4.69) is 0 Å². The third-order valence-electron chi connectivity index (χ3n) is 1.93. The van der Waals surface area contributed by atoms with Gasteiger partial charge in [-0.15, -0.1) is 0 Å². The lowest BCUT2D eigenvalue weighted by molar-refractivity contribution is 0.168. The van der Waals surface area contributed by atoms with Crippen LogP contribution in [0.15, 0.2) is 24.3 Å². The molecule has 0 spiro atoms. The van der Waals surface area contributed by atoms with Crippen molar-refractivity contribution < 1.29 is 14.6 Å². The molecule has 3 heteroatoms. The van der Waals surface area contributed by atoms with Gasteiger partial charge in [-0.2, -0.15) is 0 Å². The molecule has 1 atom stereocenters. The molecule has 0 aliphatic carbocycles. The third kappa shape index (κ3) is 3.26. The van der Waals surface area contributed by atoms with Gasteiger partial charge in [-0.25, -0.2) is 0 Å². The van der Waals surface area contributed by atoms with Crippen LogP contribution in [0.5, 0.6) is 11.5 Å². The van der Waals surface area contributed by atoms with Crippen LogP contribution in [0.25, 0.3) is 0 Å². The number of rotatable bonds is 5. The molecule has 14 heavy (non-hydrogen) atoms. The number of methoxy groups -OCH3 is 1. The van der Waals surface area contributed by atoms with Crippen LogP contribution in [-0.2, 0) is 0 Å². The molecule has 0 aliphatic rings. The van der Waals surface area contributed by atoms with Crippen molar-refractivity contribution in [3.05, 3.63) is 24.3 Å². The number of ether oxygens (including phenoxy) is 2. The van der Waals surface area contributed by atoms with Crippen LogP contribution >= 0.6 is 0 Å². The maximum Gasteiger partial charge on any atom is 0.119 e. The van der Waals surface area contributed by atoms with Crippen LogP contribution in [0, 0.1) is 0 Å². The van der Waals surface area contributed by atoms with Gasteiger partial charge in [0.2, 0.25) is 0 Å². The first-order valence-corrected chi connectivity index (χ1v) is 4.68. The molecule has 0 saturated heterocycles. The van der Waals surface area contributed by atoms with Crippen molar-refractivity contribution in [1.29, 1.82) is 0 Å². The van der Waals surface area contributed by atoms with Crippen LogP contribution in [0.4, 0.5) is 0 Å². The Hall–Kier alpha value is -1.22. The van der Waals surface area contributed by atoms with Gasteiger partial charge in [0.15, 0.2) is 0 Å². The van der Waals surface area contributed by atoms with E-state index < -0.39 is 0 Å². The number of benzene rings is 1. The maximum absolute atomic E-state index is 8.70. The molecule has 0 fully saturated rings. The Labute approximate surface area is 84.3 Å². The molecule has 1 N–H and O–H groups in total. The fourth-order valence-corrected chi connectivity index (χ4v) is 1.13. The van der Waals surface area contributed by atoms with Crippen molar-refractivity contribution >= 4 is 0 Å². The van der Waals surface area contributed by atoms with Crippen molar-refractivity contribution in [2.45, 2.75) is 19.4 Å². The molecule has 1 aromatic carbocycles. The zero-order chi connectivity index (χ0) is 10.4. The molecular weight excluding hydrogens is 180 g/mol. The fourth-order valence-electron chi connectivity index (χ4n) is 1.13. The normalized spacial score (nSPS) is 12.2. The second-order valence-electron chi connectivity index (χ2n) is 3.12. The topological polar surface area (TPSA) is 38.7 Å². The van der Waals surface area contributed by atoms with Crippen LogP contribution in [0.2, 0.25) is 0 Å². The number of hydrogen-bond donors (Lipinski definition) is 1. The van der Waals surface area contributed by atoms with E-state index in [-0.39, 0.29) is 12.7 Å². The van der Waals surface area contributed by atoms with Crippen LogP contribution in [-0.4, -0.2) is 24.9 Å². The minimum absolute atomic E-state index is 0.0356. The summed E-state index contributed by atoms with van der Waals surface area (Å²) in [4.78, 5) is 0. The van der Waals surface area contributed by atoms with E-state index >= 15 is 0 Å². The largest absolute Gasteiger partial charge is 0.497 e. The number of aliphatic hydroxyl groups excluding tert-OH is 1. The van der Waals surface area contributed by atoms with Gasteiger partial charge >= 0.3 is 0 Å². The summed E-state index contributed by atoms with van der Waals surface area (Å²) in [5, 5.41) is 8.70. The Kier molecular flexibility index (Phi) is 4.26. The van der Waals surface area contributed by atoms with Gasteiger partial charge in [0, 0.05) is 13.0 Å². The molecule has 0 saturated carbocycles. The van der Waals surface area contributed by atoms with E-state index in [1.54, 1.807) is 7.11 Å². The third-order valence-corrected chi connectivity index (χ3v) is 1.93. The first-order chi connectivity index (χ1) is 6.76.